The Morgan fingerprint density at radius 2 is 1.85 bits per heavy atom. The van der Waals surface area contributed by atoms with Gasteiger partial charge in [-0.15, -0.1) is 0 Å². The molecule has 1 aromatic rings. The molecule has 0 aromatic heterocycles. The summed E-state index contributed by atoms with van der Waals surface area (Å²) in [6, 6.07) is 9.15. The largest absolute Gasteiger partial charge is 0.456 e. The first-order valence-electron chi connectivity index (χ1n) is 6.32. The van der Waals surface area contributed by atoms with Crippen LogP contribution in [0.2, 0.25) is 0 Å². The molecule has 0 bridgehead atoms. The van der Waals surface area contributed by atoms with Crippen LogP contribution in [-0.4, -0.2) is 24.2 Å². The fourth-order valence-electron chi connectivity index (χ4n) is 1.39. The third-order valence-electron chi connectivity index (χ3n) is 2.22. The van der Waals surface area contributed by atoms with E-state index in [-0.39, 0.29) is 6.54 Å². The van der Waals surface area contributed by atoms with E-state index in [4.69, 9.17) is 9.47 Å². The van der Waals surface area contributed by atoms with Gasteiger partial charge in [0, 0.05) is 0 Å². The first-order valence-corrected chi connectivity index (χ1v) is 6.32. The van der Waals surface area contributed by atoms with Gasteiger partial charge in [0.05, 0.1) is 0 Å². The molecule has 5 heteroatoms. The molecule has 1 aromatic carbocycles. The van der Waals surface area contributed by atoms with E-state index >= 15 is 0 Å². The van der Waals surface area contributed by atoms with Crippen LogP contribution >= 0.6 is 0 Å². The van der Waals surface area contributed by atoms with Crippen LogP contribution in [0.1, 0.15) is 32.4 Å². The molecule has 5 nitrogen and oxygen atoms in total. The lowest BCUT2D eigenvalue weighted by molar-refractivity contribution is -0.146. The lowest BCUT2D eigenvalue weighted by atomic mass is 10.1. The number of carbonyl (C=O) groups is 2. The van der Waals surface area contributed by atoms with Crippen LogP contribution in [0.5, 0.6) is 0 Å². The number of benzene rings is 1. The molecule has 20 heavy (non-hydrogen) atoms. The van der Waals surface area contributed by atoms with Crippen molar-refractivity contribution in [3.8, 4) is 0 Å². The zero-order chi connectivity index (χ0) is 15.2. The highest BCUT2D eigenvalue weighted by molar-refractivity contribution is 5.78. The normalized spacial score (nSPS) is 12.4. The highest BCUT2D eigenvalue weighted by Gasteiger charge is 2.17. The van der Waals surface area contributed by atoms with Crippen molar-refractivity contribution in [2.24, 2.45) is 0 Å². The molecular formula is C15H20NO4. The van der Waals surface area contributed by atoms with Gasteiger partial charge >= 0.3 is 12.1 Å². The van der Waals surface area contributed by atoms with Crippen molar-refractivity contribution >= 4 is 12.1 Å². The Hall–Kier alpha value is -2.04. The van der Waals surface area contributed by atoms with E-state index in [0.717, 1.165) is 5.56 Å². The van der Waals surface area contributed by atoms with Crippen LogP contribution < -0.4 is 5.32 Å². The monoisotopic (exact) mass is 278 g/mol. The lowest BCUT2D eigenvalue weighted by Gasteiger charge is -2.19. The van der Waals surface area contributed by atoms with Crippen molar-refractivity contribution in [3.63, 3.8) is 0 Å². The molecule has 0 aliphatic rings. The van der Waals surface area contributed by atoms with Crippen LogP contribution in [0.4, 0.5) is 4.79 Å². The van der Waals surface area contributed by atoms with Gasteiger partial charge in [-0.05, 0) is 33.3 Å². The average Bonchev–Trinajstić information content (AvgIpc) is 2.35. The molecule has 1 rings (SSSR count). The zero-order valence-electron chi connectivity index (χ0n) is 12.0. The Kier molecular flexibility index (Phi) is 5.55. The molecule has 0 fully saturated rings. The summed E-state index contributed by atoms with van der Waals surface area (Å²) < 4.78 is 10.1. The molecule has 0 spiro atoms. The number of rotatable bonds is 4. The maximum atomic E-state index is 11.6. The number of esters is 1. The molecule has 0 aliphatic heterocycles. The quantitative estimate of drug-likeness (QED) is 0.860. The topological polar surface area (TPSA) is 64.6 Å². The predicted octanol–water partition coefficient (Wildman–Crippen LogP) is 2.63. The van der Waals surface area contributed by atoms with Gasteiger partial charge in [-0.25, -0.2) is 4.79 Å². The van der Waals surface area contributed by atoms with E-state index in [2.05, 4.69) is 12.2 Å². The predicted molar refractivity (Wildman–Crippen MR) is 74.9 cm³/mol. The van der Waals surface area contributed by atoms with Crippen molar-refractivity contribution in [2.75, 3.05) is 6.54 Å². The third-order valence-corrected chi connectivity index (χ3v) is 2.22. The van der Waals surface area contributed by atoms with Gasteiger partial charge in [-0.2, -0.15) is 0 Å². The second-order valence-electron chi connectivity index (χ2n) is 5.24. The molecule has 0 aliphatic carbocycles. The van der Waals surface area contributed by atoms with Crippen molar-refractivity contribution in [1.82, 2.24) is 5.32 Å². The van der Waals surface area contributed by atoms with E-state index in [1.807, 2.05) is 30.3 Å². The second kappa shape index (κ2) is 6.93. The van der Waals surface area contributed by atoms with E-state index < -0.39 is 23.8 Å². The number of hydrogen-bond acceptors (Lipinski definition) is 4. The van der Waals surface area contributed by atoms with Crippen molar-refractivity contribution in [3.05, 3.63) is 42.8 Å². The fraction of sp³-hybridized carbons (Fsp3) is 0.400. The third kappa shape index (κ3) is 6.22. The molecule has 1 atom stereocenters. The second-order valence-corrected chi connectivity index (χ2v) is 5.24. The number of ether oxygens (including phenoxy) is 2. The summed E-state index contributed by atoms with van der Waals surface area (Å²) in [6.07, 6.45) is -1.26. The van der Waals surface area contributed by atoms with Crippen LogP contribution in [-0.2, 0) is 14.3 Å². The maximum Gasteiger partial charge on any atom is 0.408 e. The Bertz CT molecular complexity index is 451. The van der Waals surface area contributed by atoms with Crippen LogP contribution in [0.25, 0.3) is 0 Å². The van der Waals surface area contributed by atoms with Gasteiger partial charge in [-0.1, -0.05) is 30.3 Å². The molecule has 0 unspecified atom stereocenters. The number of carbonyl (C=O) groups excluding carboxylic acids is 2. The maximum absolute atomic E-state index is 11.6. The Balaban J connectivity index is 2.36. The SMILES string of the molecule is [CH2][C@H](OC(=O)CNC(=O)OC(C)(C)C)c1ccccc1. The number of amides is 1. The van der Waals surface area contributed by atoms with Crippen molar-refractivity contribution < 1.29 is 19.1 Å². The van der Waals surface area contributed by atoms with Gasteiger partial charge in [0.25, 0.3) is 0 Å². The summed E-state index contributed by atoms with van der Waals surface area (Å²) in [7, 11) is 0. The van der Waals surface area contributed by atoms with Gasteiger partial charge < -0.3 is 14.8 Å². The molecule has 1 amide bonds. The minimum absolute atomic E-state index is 0.256. The number of hydrogen-bond donors (Lipinski definition) is 1. The molecule has 109 valence electrons. The summed E-state index contributed by atoms with van der Waals surface area (Å²) in [4.78, 5) is 22.9. The van der Waals surface area contributed by atoms with Gasteiger partial charge in [0.15, 0.2) is 0 Å². The molecule has 0 saturated heterocycles. The molecule has 1 N–H and O–H groups in total. The summed E-state index contributed by atoms with van der Waals surface area (Å²) in [5, 5.41) is 2.33. The molecular weight excluding hydrogens is 258 g/mol. The zero-order valence-corrected chi connectivity index (χ0v) is 12.0. The first-order chi connectivity index (χ1) is 9.28. The highest BCUT2D eigenvalue weighted by atomic mass is 16.6. The van der Waals surface area contributed by atoms with E-state index in [0.29, 0.717) is 0 Å². The van der Waals surface area contributed by atoms with Gasteiger partial charge in [0.2, 0.25) is 0 Å². The summed E-state index contributed by atoms with van der Waals surface area (Å²) >= 11 is 0. The highest BCUT2D eigenvalue weighted by Crippen LogP contribution is 2.15. The fourth-order valence-corrected chi connectivity index (χ4v) is 1.39. The van der Waals surface area contributed by atoms with Gasteiger partial charge in [-0.3, -0.25) is 4.79 Å². The first kappa shape index (κ1) is 16.0. The summed E-state index contributed by atoms with van der Waals surface area (Å²) in [6.45, 7) is 8.72. The lowest BCUT2D eigenvalue weighted by Crippen LogP contribution is -2.36. The smallest absolute Gasteiger partial charge is 0.408 e. The van der Waals surface area contributed by atoms with Crippen molar-refractivity contribution in [2.45, 2.75) is 32.5 Å². The van der Waals surface area contributed by atoms with E-state index in [1.165, 1.54) is 0 Å². The Labute approximate surface area is 119 Å². The average molecular weight is 278 g/mol. The molecule has 0 saturated carbocycles. The van der Waals surface area contributed by atoms with Crippen molar-refractivity contribution in [1.29, 1.82) is 0 Å². The molecule has 1 radical (unpaired) electrons. The number of alkyl carbamates (subject to hydrolysis) is 1. The van der Waals surface area contributed by atoms with Crippen LogP contribution in [0.3, 0.4) is 0 Å². The minimum atomic E-state index is -0.658. The van der Waals surface area contributed by atoms with Crippen LogP contribution in [0.15, 0.2) is 30.3 Å². The molecule has 0 heterocycles. The standard InChI is InChI=1S/C15H20NO4/c1-11(12-8-6-5-7-9-12)19-13(17)10-16-14(18)20-15(2,3)4/h5-9,11H,1,10H2,2-4H3,(H,16,18)/t11-/m0/s1. The Morgan fingerprint density at radius 1 is 1.25 bits per heavy atom. The van der Waals surface area contributed by atoms with Crippen LogP contribution in [0, 0.1) is 6.92 Å². The minimum Gasteiger partial charge on any atom is -0.456 e. The van der Waals surface area contributed by atoms with E-state index in [9.17, 15) is 9.59 Å². The summed E-state index contributed by atoms with van der Waals surface area (Å²) in [5.41, 5.74) is 0.186. The van der Waals surface area contributed by atoms with Gasteiger partial charge in [0.1, 0.15) is 18.2 Å². The number of nitrogens with one attached hydrogen (secondary N) is 1. The Morgan fingerprint density at radius 3 is 2.40 bits per heavy atom. The van der Waals surface area contributed by atoms with E-state index in [1.54, 1.807) is 20.8 Å². The summed E-state index contributed by atoms with van der Waals surface area (Å²) in [5.74, 6) is -0.570.